The molecule has 5 nitrogen and oxygen atoms in total. The highest BCUT2D eigenvalue weighted by Gasteiger charge is 2.04. The van der Waals surface area contributed by atoms with Crippen LogP contribution < -0.4 is 15.4 Å². The largest absolute Gasteiger partial charge is 0.496 e. The first kappa shape index (κ1) is 18.8. The first-order chi connectivity index (χ1) is 12.3. The van der Waals surface area contributed by atoms with E-state index < -0.39 is 0 Å². The maximum Gasteiger partial charge on any atom is 0.191 e. The Morgan fingerprint density at radius 2 is 1.68 bits per heavy atom. The molecular formula is C20H27N3O2. The van der Waals surface area contributed by atoms with Crippen molar-refractivity contribution in [1.29, 1.82) is 0 Å². The highest BCUT2D eigenvalue weighted by Crippen LogP contribution is 2.17. The summed E-state index contributed by atoms with van der Waals surface area (Å²) >= 11 is 0. The SMILES string of the molecule is CCNC(=NCc1ccccc1CO)NCCc1ccccc1OC. The third-order valence-electron chi connectivity index (χ3n) is 3.92. The van der Waals surface area contributed by atoms with E-state index in [0.29, 0.717) is 6.54 Å². The molecule has 0 heterocycles. The van der Waals surface area contributed by atoms with E-state index in [4.69, 9.17) is 4.74 Å². The summed E-state index contributed by atoms with van der Waals surface area (Å²) in [5, 5.41) is 16.0. The Morgan fingerprint density at radius 1 is 1.00 bits per heavy atom. The summed E-state index contributed by atoms with van der Waals surface area (Å²) in [6, 6.07) is 15.8. The summed E-state index contributed by atoms with van der Waals surface area (Å²) in [5.41, 5.74) is 3.11. The fraction of sp³-hybridized carbons (Fsp3) is 0.350. The van der Waals surface area contributed by atoms with Gasteiger partial charge in [0.05, 0.1) is 20.3 Å². The fourth-order valence-corrected chi connectivity index (χ4v) is 2.60. The number of ether oxygens (including phenoxy) is 1. The van der Waals surface area contributed by atoms with Crippen molar-refractivity contribution in [2.45, 2.75) is 26.5 Å². The van der Waals surface area contributed by atoms with Gasteiger partial charge in [0.1, 0.15) is 5.75 Å². The van der Waals surface area contributed by atoms with Gasteiger partial charge in [-0.3, -0.25) is 0 Å². The predicted molar refractivity (Wildman–Crippen MR) is 102 cm³/mol. The van der Waals surface area contributed by atoms with Crippen LogP contribution in [0, 0.1) is 0 Å². The zero-order valence-corrected chi connectivity index (χ0v) is 15.0. The number of hydrogen-bond donors (Lipinski definition) is 3. The van der Waals surface area contributed by atoms with Crippen molar-refractivity contribution in [1.82, 2.24) is 10.6 Å². The molecule has 0 atom stereocenters. The van der Waals surface area contributed by atoms with Crippen LogP contribution >= 0.6 is 0 Å². The summed E-state index contributed by atoms with van der Waals surface area (Å²) in [6.45, 7) is 4.15. The van der Waals surface area contributed by atoms with E-state index in [1.54, 1.807) is 7.11 Å². The van der Waals surface area contributed by atoms with Crippen LogP contribution in [-0.4, -0.2) is 31.3 Å². The van der Waals surface area contributed by atoms with Gasteiger partial charge in [0.25, 0.3) is 0 Å². The Bertz CT molecular complexity index is 686. The van der Waals surface area contributed by atoms with Crippen LogP contribution in [0.15, 0.2) is 53.5 Å². The zero-order valence-electron chi connectivity index (χ0n) is 15.0. The molecule has 0 aromatic heterocycles. The van der Waals surface area contributed by atoms with Gasteiger partial charge in [-0.25, -0.2) is 4.99 Å². The smallest absolute Gasteiger partial charge is 0.191 e. The van der Waals surface area contributed by atoms with Gasteiger partial charge in [0.15, 0.2) is 5.96 Å². The summed E-state index contributed by atoms with van der Waals surface area (Å²) < 4.78 is 5.38. The van der Waals surface area contributed by atoms with Gasteiger partial charge in [-0.05, 0) is 36.1 Å². The number of hydrogen-bond acceptors (Lipinski definition) is 3. The highest BCUT2D eigenvalue weighted by molar-refractivity contribution is 5.79. The molecule has 0 bridgehead atoms. The van der Waals surface area contributed by atoms with E-state index >= 15 is 0 Å². The molecule has 134 valence electrons. The number of aliphatic hydroxyl groups excluding tert-OH is 1. The molecule has 0 unspecified atom stereocenters. The van der Waals surface area contributed by atoms with Crippen LogP contribution in [0.2, 0.25) is 0 Å². The Hall–Kier alpha value is -2.53. The maximum absolute atomic E-state index is 9.41. The number of rotatable bonds is 8. The van der Waals surface area contributed by atoms with E-state index in [0.717, 1.165) is 42.3 Å². The van der Waals surface area contributed by atoms with Gasteiger partial charge in [-0.2, -0.15) is 0 Å². The van der Waals surface area contributed by atoms with Crippen molar-refractivity contribution < 1.29 is 9.84 Å². The molecule has 2 aromatic rings. The minimum absolute atomic E-state index is 0.0312. The summed E-state index contributed by atoms with van der Waals surface area (Å²) in [7, 11) is 1.69. The molecule has 0 saturated carbocycles. The van der Waals surface area contributed by atoms with Crippen molar-refractivity contribution in [3.05, 3.63) is 65.2 Å². The number of guanidine groups is 1. The topological polar surface area (TPSA) is 65.9 Å². The number of methoxy groups -OCH3 is 1. The number of aliphatic imine (C=N–C) groups is 1. The number of para-hydroxylation sites is 1. The molecule has 25 heavy (non-hydrogen) atoms. The number of aliphatic hydroxyl groups is 1. The lowest BCUT2D eigenvalue weighted by molar-refractivity contribution is 0.280. The van der Waals surface area contributed by atoms with Gasteiger partial charge >= 0.3 is 0 Å². The van der Waals surface area contributed by atoms with Gasteiger partial charge in [-0.1, -0.05) is 42.5 Å². The molecule has 3 N–H and O–H groups in total. The summed E-state index contributed by atoms with van der Waals surface area (Å²) in [4.78, 5) is 4.62. The summed E-state index contributed by atoms with van der Waals surface area (Å²) in [5.74, 6) is 1.67. The lowest BCUT2D eigenvalue weighted by Crippen LogP contribution is -2.38. The van der Waals surface area contributed by atoms with Crippen molar-refractivity contribution in [3.8, 4) is 5.75 Å². The van der Waals surface area contributed by atoms with E-state index in [1.165, 1.54) is 5.56 Å². The number of benzene rings is 2. The molecule has 0 saturated heterocycles. The lowest BCUT2D eigenvalue weighted by Gasteiger charge is -2.13. The Labute approximate surface area is 149 Å². The van der Waals surface area contributed by atoms with Gasteiger partial charge in [-0.15, -0.1) is 0 Å². The van der Waals surface area contributed by atoms with Crippen molar-refractivity contribution in [2.24, 2.45) is 4.99 Å². The zero-order chi connectivity index (χ0) is 17.9. The van der Waals surface area contributed by atoms with E-state index in [-0.39, 0.29) is 6.61 Å². The predicted octanol–water partition coefficient (Wildman–Crippen LogP) is 2.49. The molecule has 0 spiro atoms. The second kappa shape index (κ2) is 10.4. The Balaban J connectivity index is 1.95. The molecule has 0 amide bonds. The monoisotopic (exact) mass is 341 g/mol. The van der Waals surface area contributed by atoms with E-state index in [2.05, 4.69) is 21.7 Å². The maximum atomic E-state index is 9.41. The van der Waals surface area contributed by atoms with Crippen LogP contribution in [0.3, 0.4) is 0 Å². The van der Waals surface area contributed by atoms with E-state index in [1.807, 2.05) is 49.4 Å². The second-order valence-corrected chi connectivity index (χ2v) is 5.61. The molecule has 2 rings (SSSR count). The quantitative estimate of drug-likeness (QED) is 0.510. The normalized spacial score (nSPS) is 11.2. The standard InChI is InChI=1S/C20H27N3O2/c1-3-21-20(23-14-17-9-4-5-10-18(17)15-24)22-13-12-16-8-6-7-11-19(16)25-2/h4-11,24H,3,12-15H2,1-2H3,(H2,21,22,23). The molecule has 0 aliphatic rings. The van der Waals surface area contributed by atoms with Crippen LogP contribution in [0.25, 0.3) is 0 Å². The van der Waals surface area contributed by atoms with Crippen LogP contribution in [0.4, 0.5) is 0 Å². The average Bonchev–Trinajstić information content (AvgIpc) is 2.66. The third-order valence-corrected chi connectivity index (χ3v) is 3.92. The van der Waals surface area contributed by atoms with Crippen molar-refractivity contribution >= 4 is 5.96 Å². The Kier molecular flexibility index (Phi) is 7.79. The van der Waals surface area contributed by atoms with Crippen LogP contribution in [-0.2, 0) is 19.6 Å². The van der Waals surface area contributed by atoms with Gasteiger partial charge < -0.3 is 20.5 Å². The molecule has 0 aliphatic carbocycles. The first-order valence-electron chi connectivity index (χ1n) is 8.60. The van der Waals surface area contributed by atoms with Gasteiger partial charge in [0, 0.05) is 13.1 Å². The minimum atomic E-state index is 0.0312. The molecule has 5 heteroatoms. The highest BCUT2D eigenvalue weighted by atomic mass is 16.5. The lowest BCUT2D eigenvalue weighted by atomic mass is 10.1. The fourth-order valence-electron chi connectivity index (χ4n) is 2.60. The second-order valence-electron chi connectivity index (χ2n) is 5.61. The van der Waals surface area contributed by atoms with Gasteiger partial charge in [0.2, 0.25) is 0 Å². The van der Waals surface area contributed by atoms with Crippen LogP contribution in [0.1, 0.15) is 23.6 Å². The minimum Gasteiger partial charge on any atom is -0.496 e. The molecule has 0 radical (unpaired) electrons. The van der Waals surface area contributed by atoms with Crippen molar-refractivity contribution in [3.63, 3.8) is 0 Å². The molecule has 0 aliphatic heterocycles. The third kappa shape index (κ3) is 5.80. The average molecular weight is 341 g/mol. The number of nitrogens with one attached hydrogen (secondary N) is 2. The number of nitrogens with zero attached hydrogens (tertiary/aromatic N) is 1. The molecular weight excluding hydrogens is 314 g/mol. The van der Waals surface area contributed by atoms with E-state index in [9.17, 15) is 5.11 Å². The molecule has 2 aromatic carbocycles. The first-order valence-corrected chi connectivity index (χ1v) is 8.60. The molecule has 0 fully saturated rings. The van der Waals surface area contributed by atoms with Crippen molar-refractivity contribution in [2.75, 3.05) is 20.2 Å². The van der Waals surface area contributed by atoms with Crippen LogP contribution in [0.5, 0.6) is 5.75 Å². The Morgan fingerprint density at radius 3 is 2.36 bits per heavy atom. The summed E-state index contributed by atoms with van der Waals surface area (Å²) in [6.07, 6.45) is 0.849.